The molecule has 0 bridgehead atoms. The van der Waals surface area contributed by atoms with Gasteiger partial charge in [-0.3, -0.25) is 4.79 Å². The lowest BCUT2D eigenvalue weighted by molar-refractivity contribution is 0.0698. The number of halogens is 1. The summed E-state index contributed by atoms with van der Waals surface area (Å²) in [5.74, 6) is -1.20. The third-order valence-corrected chi connectivity index (χ3v) is 3.65. The van der Waals surface area contributed by atoms with Crippen molar-refractivity contribution in [3.05, 3.63) is 50.7 Å². The van der Waals surface area contributed by atoms with E-state index in [0.717, 1.165) is 11.3 Å². The van der Waals surface area contributed by atoms with Crippen molar-refractivity contribution in [1.82, 2.24) is 0 Å². The molecule has 1 aromatic carbocycles. The van der Waals surface area contributed by atoms with Gasteiger partial charge < -0.3 is 9.84 Å². The molecule has 4 nitrogen and oxygen atoms in total. The molecule has 98 valence electrons. The fourth-order valence-electron chi connectivity index (χ4n) is 1.65. The van der Waals surface area contributed by atoms with Crippen molar-refractivity contribution < 1.29 is 19.4 Å². The van der Waals surface area contributed by atoms with Gasteiger partial charge >= 0.3 is 5.97 Å². The Labute approximate surface area is 118 Å². The standard InChI is InChI=1S/C13H9ClO4S/c1-18-10-6-7(14)2-3-8(10)11(15)9-4-5-19-12(9)13(16)17/h2-6H,1H3,(H,16,17). The Morgan fingerprint density at radius 2 is 2.00 bits per heavy atom. The monoisotopic (exact) mass is 296 g/mol. The molecule has 0 saturated heterocycles. The van der Waals surface area contributed by atoms with Crippen LogP contribution in [-0.2, 0) is 0 Å². The summed E-state index contributed by atoms with van der Waals surface area (Å²) >= 11 is 6.83. The van der Waals surface area contributed by atoms with E-state index < -0.39 is 11.8 Å². The number of thiophene rings is 1. The summed E-state index contributed by atoms with van der Waals surface area (Å²) in [6, 6.07) is 6.09. The van der Waals surface area contributed by atoms with Crippen LogP contribution in [0.4, 0.5) is 0 Å². The highest BCUT2D eigenvalue weighted by Gasteiger charge is 2.22. The molecule has 1 aromatic heterocycles. The van der Waals surface area contributed by atoms with Gasteiger partial charge in [-0.1, -0.05) is 11.6 Å². The van der Waals surface area contributed by atoms with E-state index >= 15 is 0 Å². The van der Waals surface area contributed by atoms with Gasteiger partial charge in [-0.2, -0.15) is 0 Å². The molecule has 2 aromatic rings. The van der Waals surface area contributed by atoms with Crippen LogP contribution in [0.25, 0.3) is 0 Å². The Bertz CT molecular complexity index is 648. The van der Waals surface area contributed by atoms with Gasteiger partial charge in [-0.05, 0) is 29.6 Å². The SMILES string of the molecule is COc1cc(Cl)ccc1C(=O)c1ccsc1C(=O)O. The molecule has 1 N–H and O–H groups in total. The van der Waals surface area contributed by atoms with Crippen molar-refractivity contribution in [3.8, 4) is 5.75 Å². The van der Waals surface area contributed by atoms with E-state index in [2.05, 4.69) is 0 Å². The third-order valence-electron chi connectivity index (χ3n) is 2.51. The van der Waals surface area contributed by atoms with Crippen molar-refractivity contribution in [3.63, 3.8) is 0 Å². The maximum Gasteiger partial charge on any atom is 0.346 e. The minimum atomic E-state index is -1.12. The minimum absolute atomic E-state index is 0.0157. The summed E-state index contributed by atoms with van der Waals surface area (Å²) in [5.41, 5.74) is 0.436. The first-order valence-corrected chi connectivity index (χ1v) is 6.49. The Hall–Kier alpha value is -1.85. The number of methoxy groups -OCH3 is 1. The topological polar surface area (TPSA) is 63.6 Å². The lowest BCUT2D eigenvalue weighted by Gasteiger charge is -2.07. The van der Waals surface area contributed by atoms with Crippen LogP contribution in [0, 0.1) is 0 Å². The van der Waals surface area contributed by atoms with Crippen molar-refractivity contribution >= 4 is 34.7 Å². The molecule has 0 amide bonds. The first kappa shape index (κ1) is 13.6. The molecule has 0 atom stereocenters. The van der Waals surface area contributed by atoms with E-state index in [1.807, 2.05) is 0 Å². The number of carboxylic acids is 1. The summed E-state index contributed by atoms with van der Waals surface area (Å²) < 4.78 is 5.10. The lowest BCUT2D eigenvalue weighted by atomic mass is 10.0. The van der Waals surface area contributed by atoms with Crippen LogP contribution >= 0.6 is 22.9 Å². The number of rotatable bonds is 4. The molecule has 0 unspecified atom stereocenters. The number of carbonyl (C=O) groups excluding carboxylic acids is 1. The third kappa shape index (κ3) is 2.62. The van der Waals surface area contributed by atoms with Crippen molar-refractivity contribution in [2.75, 3.05) is 7.11 Å². The van der Waals surface area contributed by atoms with Crippen molar-refractivity contribution in [2.24, 2.45) is 0 Å². The quantitative estimate of drug-likeness (QED) is 0.879. The van der Waals surface area contributed by atoms with E-state index in [0.29, 0.717) is 10.8 Å². The molecule has 6 heteroatoms. The number of carbonyl (C=O) groups is 2. The second-order valence-electron chi connectivity index (χ2n) is 3.64. The summed E-state index contributed by atoms with van der Waals surface area (Å²) in [6.07, 6.45) is 0. The molecular formula is C13H9ClO4S. The number of hydrogen-bond donors (Lipinski definition) is 1. The zero-order valence-electron chi connectivity index (χ0n) is 9.84. The Morgan fingerprint density at radius 1 is 1.26 bits per heavy atom. The van der Waals surface area contributed by atoms with Crippen LogP contribution < -0.4 is 4.74 Å². The Balaban J connectivity index is 2.50. The zero-order valence-corrected chi connectivity index (χ0v) is 11.4. The summed E-state index contributed by atoms with van der Waals surface area (Å²) in [7, 11) is 1.42. The average Bonchev–Trinajstić information content (AvgIpc) is 2.87. The molecule has 0 saturated carbocycles. The maximum absolute atomic E-state index is 12.3. The van der Waals surface area contributed by atoms with Gasteiger partial charge in [0.1, 0.15) is 10.6 Å². The smallest absolute Gasteiger partial charge is 0.346 e. The molecule has 0 fully saturated rings. The number of benzene rings is 1. The molecule has 2 rings (SSSR count). The first-order valence-electron chi connectivity index (χ1n) is 5.23. The van der Waals surface area contributed by atoms with Crippen molar-refractivity contribution in [2.45, 2.75) is 0 Å². The van der Waals surface area contributed by atoms with E-state index in [1.54, 1.807) is 11.4 Å². The number of ketones is 1. The molecule has 19 heavy (non-hydrogen) atoms. The highest BCUT2D eigenvalue weighted by Crippen LogP contribution is 2.28. The second-order valence-corrected chi connectivity index (χ2v) is 4.99. The first-order chi connectivity index (χ1) is 9.04. The highest BCUT2D eigenvalue weighted by atomic mass is 35.5. The number of carboxylic acid groups (broad SMARTS) is 1. The van der Waals surface area contributed by atoms with E-state index in [-0.39, 0.29) is 16.0 Å². The second kappa shape index (κ2) is 5.42. The van der Waals surface area contributed by atoms with Gasteiger partial charge in [-0.15, -0.1) is 11.3 Å². The van der Waals surface area contributed by atoms with Crippen molar-refractivity contribution in [1.29, 1.82) is 0 Å². The average molecular weight is 297 g/mol. The van der Waals surface area contributed by atoms with Gasteiger partial charge in [0.2, 0.25) is 0 Å². The molecule has 0 radical (unpaired) electrons. The molecule has 0 spiro atoms. The van der Waals surface area contributed by atoms with E-state index in [4.69, 9.17) is 21.4 Å². The minimum Gasteiger partial charge on any atom is -0.496 e. The molecule has 0 aliphatic carbocycles. The molecule has 0 aliphatic rings. The van der Waals surface area contributed by atoms with Gasteiger partial charge in [0.15, 0.2) is 5.78 Å². The molecular weight excluding hydrogens is 288 g/mol. The van der Waals surface area contributed by atoms with E-state index in [9.17, 15) is 9.59 Å². The maximum atomic E-state index is 12.3. The number of ether oxygens (including phenoxy) is 1. The normalized spacial score (nSPS) is 10.2. The molecule has 1 heterocycles. The van der Waals surface area contributed by atoms with Crippen LogP contribution in [-0.4, -0.2) is 24.0 Å². The van der Waals surface area contributed by atoms with Gasteiger partial charge in [0.25, 0.3) is 0 Å². The van der Waals surface area contributed by atoms with Crippen LogP contribution in [0.15, 0.2) is 29.6 Å². The van der Waals surface area contributed by atoms with Gasteiger partial charge in [0, 0.05) is 10.6 Å². The summed E-state index contributed by atoms with van der Waals surface area (Å²) in [6.45, 7) is 0. The zero-order chi connectivity index (χ0) is 14.0. The fourth-order valence-corrected chi connectivity index (χ4v) is 2.54. The largest absolute Gasteiger partial charge is 0.496 e. The van der Waals surface area contributed by atoms with Gasteiger partial charge in [-0.25, -0.2) is 4.79 Å². The Morgan fingerprint density at radius 3 is 2.63 bits per heavy atom. The fraction of sp³-hybridized carbons (Fsp3) is 0.0769. The van der Waals surface area contributed by atoms with Crippen LogP contribution in [0.1, 0.15) is 25.6 Å². The number of hydrogen-bond acceptors (Lipinski definition) is 4. The van der Waals surface area contributed by atoms with Crippen LogP contribution in [0.2, 0.25) is 5.02 Å². The predicted molar refractivity (Wildman–Crippen MR) is 72.7 cm³/mol. The molecule has 0 aliphatic heterocycles. The highest BCUT2D eigenvalue weighted by molar-refractivity contribution is 7.12. The summed E-state index contributed by atoms with van der Waals surface area (Å²) in [4.78, 5) is 23.4. The number of aromatic carboxylic acids is 1. The predicted octanol–water partition coefficient (Wildman–Crippen LogP) is 3.34. The van der Waals surface area contributed by atoms with E-state index in [1.165, 1.54) is 25.3 Å². The lowest BCUT2D eigenvalue weighted by Crippen LogP contribution is -2.07. The Kier molecular flexibility index (Phi) is 3.87. The van der Waals surface area contributed by atoms with Gasteiger partial charge in [0.05, 0.1) is 12.7 Å². The van der Waals surface area contributed by atoms with Crippen LogP contribution in [0.3, 0.4) is 0 Å². The summed E-state index contributed by atoms with van der Waals surface area (Å²) in [5, 5.41) is 11.0. The van der Waals surface area contributed by atoms with Crippen LogP contribution in [0.5, 0.6) is 5.75 Å².